The highest BCUT2D eigenvalue weighted by Gasteiger charge is 2.33. The van der Waals surface area contributed by atoms with Gasteiger partial charge in [0.2, 0.25) is 0 Å². The summed E-state index contributed by atoms with van der Waals surface area (Å²) in [4.78, 5) is 23.1. The molecule has 0 bridgehead atoms. The number of rotatable bonds is 1. The molecule has 0 saturated heterocycles. The third kappa shape index (κ3) is 1.58. The molecule has 0 fully saturated rings. The van der Waals surface area contributed by atoms with E-state index in [-0.39, 0.29) is 5.92 Å². The van der Waals surface area contributed by atoms with E-state index in [1.54, 1.807) is 6.07 Å². The molecule has 1 aliphatic heterocycles. The van der Waals surface area contributed by atoms with Crippen molar-refractivity contribution in [2.75, 3.05) is 0 Å². The topological polar surface area (TPSA) is 43.4 Å². The summed E-state index contributed by atoms with van der Waals surface area (Å²) in [7, 11) is 0. The molecule has 3 rings (SSSR count). The Balaban J connectivity index is 2.12. The Morgan fingerprint density at radius 3 is 2.82 bits per heavy atom. The maximum absolute atomic E-state index is 11.7. The van der Waals surface area contributed by atoms with E-state index >= 15 is 0 Å². The van der Waals surface area contributed by atoms with Gasteiger partial charge >= 0.3 is 11.9 Å². The first-order valence-electron chi connectivity index (χ1n) is 5.83. The van der Waals surface area contributed by atoms with Gasteiger partial charge in [-0.25, -0.2) is 9.59 Å². The zero-order chi connectivity index (χ0) is 11.8. The fraction of sp³-hybridized carbons (Fsp3) is 0.286. The Bertz CT molecular complexity index is 528. The van der Waals surface area contributed by atoms with Crippen molar-refractivity contribution in [2.24, 2.45) is 0 Å². The lowest BCUT2D eigenvalue weighted by Crippen LogP contribution is -2.06. The number of allylic oxidation sites excluding steroid dienone is 2. The summed E-state index contributed by atoms with van der Waals surface area (Å²) >= 11 is 0. The van der Waals surface area contributed by atoms with Crippen LogP contribution in [0, 0.1) is 0 Å². The minimum atomic E-state index is -0.522. The summed E-state index contributed by atoms with van der Waals surface area (Å²) in [5.41, 5.74) is 1.80. The molecule has 3 nitrogen and oxygen atoms in total. The highest BCUT2D eigenvalue weighted by atomic mass is 16.6. The number of esters is 2. The lowest BCUT2D eigenvalue weighted by molar-refractivity contribution is 0.0443. The van der Waals surface area contributed by atoms with Gasteiger partial charge in [0.1, 0.15) is 0 Å². The van der Waals surface area contributed by atoms with E-state index in [0.717, 1.165) is 24.8 Å². The van der Waals surface area contributed by atoms with Gasteiger partial charge in [-0.2, -0.15) is 0 Å². The minimum Gasteiger partial charge on any atom is -0.386 e. The lowest BCUT2D eigenvalue weighted by atomic mass is 9.85. The largest absolute Gasteiger partial charge is 0.386 e. The van der Waals surface area contributed by atoms with Gasteiger partial charge in [-0.1, -0.05) is 24.3 Å². The number of ether oxygens (including phenoxy) is 1. The summed E-state index contributed by atoms with van der Waals surface area (Å²) in [5.74, 6) is -0.789. The number of carbonyl (C=O) groups excluding carboxylic acids is 2. The molecule has 0 spiro atoms. The number of fused-ring (bicyclic) bond motifs is 1. The molecule has 0 N–H and O–H groups in total. The predicted molar refractivity (Wildman–Crippen MR) is 61.9 cm³/mol. The van der Waals surface area contributed by atoms with Gasteiger partial charge in [0.25, 0.3) is 0 Å². The van der Waals surface area contributed by atoms with Crippen LogP contribution in [0.4, 0.5) is 0 Å². The van der Waals surface area contributed by atoms with Crippen molar-refractivity contribution in [3.05, 3.63) is 47.0 Å². The first-order chi connectivity index (χ1) is 8.27. The van der Waals surface area contributed by atoms with Gasteiger partial charge in [-0.05, 0) is 30.9 Å². The van der Waals surface area contributed by atoms with Gasteiger partial charge in [0.15, 0.2) is 0 Å². The molecule has 0 aromatic heterocycles. The molecule has 0 amide bonds. The molecule has 1 aromatic rings. The van der Waals surface area contributed by atoms with Crippen LogP contribution in [0.2, 0.25) is 0 Å². The van der Waals surface area contributed by atoms with Gasteiger partial charge in [-0.15, -0.1) is 0 Å². The average Bonchev–Trinajstić information content (AvgIpc) is 2.66. The van der Waals surface area contributed by atoms with Crippen LogP contribution in [0.5, 0.6) is 0 Å². The van der Waals surface area contributed by atoms with Crippen molar-refractivity contribution in [1.29, 1.82) is 0 Å². The first-order valence-corrected chi connectivity index (χ1v) is 5.83. The number of carbonyl (C=O) groups is 2. The highest BCUT2D eigenvalue weighted by Crippen LogP contribution is 2.34. The number of benzene rings is 1. The molecule has 86 valence electrons. The van der Waals surface area contributed by atoms with Crippen molar-refractivity contribution in [2.45, 2.75) is 25.2 Å². The Kier molecular flexibility index (Phi) is 2.32. The van der Waals surface area contributed by atoms with Crippen LogP contribution in [0.1, 0.15) is 51.5 Å². The number of hydrogen-bond acceptors (Lipinski definition) is 3. The maximum Gasteiger partial charge on any atom is 0.347 e. The molecule has 17 heavy (non-hydrogen) atoms. The fourth-order valence-corrected chi connectivity index (χ4v) is 2.54. The molecule has 1 heterocycles. The second-order valence-corrected chi connectivity index (χ2v) is 4.41. The van der Waals surface area contributed by atoms with Crippen LogP contribution in [0.25, 0.3) is 0 Å². The van der Waals surface area contributed by atoms with Crippen LogP contribution in [0.3, 0.4) is 0 Å². The van der Waals surface area contributed by atoms with E-state index in [2.05, 4.69) is 16.9 Å². The molecule has 0 radical (unpaired) electrons. The summed E-state index contributed by atoms with van der Waals surface area (Å²) in [5, 5.41) is 0. The molecular formula is C14H12O3. The second-order valence-electron chi connectivity index (χ2n) is 4.41. The van der Waals surface area contributed by atoms with Crippen molar-refractivity contribution < 1.29 is 14.3 Å². The van der Waals surface area contributed by atoms with Gasteiger partial charge < -0.3 is 4.74 Å². The highest BCUT2D eigenvalue weighted by molar-refractivity contribution is 6.15. The van der Waals surface area contributed by atoms with Crippen LogP contribution in [0.15, 0.2) is 30.4 Å². The Morgan fingerprint density at radius 1 is 1.18 bits per heavy atom. The van der Waals surface area contributed by atoms with E-state index in [1.165, 1.54) is 0 Å². The first kappa shape index (κ1) is 10.3. The van der Waals surface area contributed by atoms with E-state index in [1.807, 2.05) is 12.1 Å². The minimum absolute atomic E-state index is 0.233. The van der Waals surface area contributed by atoms with E-state index in [0.29, 0.717) is 11.1 Å². The van der Waals surface area contributed by atoms with Crippen molar-refractivity contribution in [3.63, 3.8) is 0 Å². The van der Waals surface area contributed by atoms with Gasteiger partial charge in [0, 0.05) is 5.92 Å². The standard InChI is InChI=1S/C14H12O3/c15-13-11-8-4-7-10(12(11)14(16)17-13)9-5-2-1-3-6-9/h2,4-5,7-9H,1,3,6H2. The zero-order valence-corrected chi connectivity index (χ0v) is 9.31. The van der Waals surface area contributed by atoms with E-state index < -0.39 is 11.9 Å². The summed E-state index contributed by atoms with van der Waals surface area (Å²) in [6.45, 7) is 0. The third-order valence-corrected chi connectivity index (χ3v) is 3.36. The quantitative estimate of drug-likeness (QED) is 0.421. The monoisotopic (exact) mass is 228 g/mol. The second kappa shape index (κ2) is 3.84. The van der Waals surface area contributed by atoms with Crippen molar-refractivity contribution in [1.82, 2.24) is 0 Å². The Hall–Kier alpha value is -1.90. The van der Waals surface area contributed by atoms with Crippen molar-refractivity contribution in [3.8, 4) is 0 Å². The fourth-order valence-electron chi connectivity index (χ4n) is 2.54. The zero-order valence-electron chi connectivity index (χ0n) is 9.31. The van der Waals surface area contributed by atoms with Crippen LogP contribution in [-0.2, 0) is 4.74 Å². The summed E-state index contributed by atoms with van der Waals surface area (Å²) in [6.07, 6.45) is 7.49. The maximum atomic E-state index is 11.7. The van der Waals surface area contributed by atoms with Crippen molar-refractivity contribution >= 4 is 11.9 Å². The molecule has 0 saturated carbocycles. The van der Waals surface area contributed by atoms with Gasteiger partial charge in [-0.3, -0.25) is 0 Å². The Labute approximate surface area is 99.1 Å². The SMILES string of the molecule is O=C1OC(=O)c2c1cccc2C1C=CCCC1. The van der Waals surface area contributed by atoms with Crippen LogP contribution < -0.4 is 0 Å². The summed E-state index contributed by atoms with van der Waals surface area (Å²) in [6, 6.07) is 5.38. The third-order valence-electron chi connectivity index (χ3n) is 3.36. The predicted octanol–water partition coefficient (Wildman–Crippen LogP) is 2.82. The molecule has 1 aliphatic carbocycles. The number of cyclic esters (lactones) is 2. The summed E-state index contributed by atoms with van der Waals surface area (Å²) < 4.78 is 4.66. The number of hydrogen-bond donors (Lipinski definition) is 0. The normalized spacial score (nSPS) is 22.5. The molecule has 3 heteroatoms. The Morgan fingerprint density at radius 2 is 2.06 bits per heavy atom. The van der Waals surface area contributed by atoms with E-state index in [4.69, 9.17) is 0 Å². The van der Waals surface area contributed by atoms with Gasteiger partial charge in [0.05, 0.1) is 11.1 Å². The molecule has 2 aliphatic rings. The molecule has 1 aromatic carbocycles. The smallest absolute Gasteiger partial charge is 0.347 e. The van der Waals surface area contributed by atoms with E-state index in [9.17, 15) is 9.59 Å². The molecule has 1 unspecified atom stereocenters. The van der Waals surface area contributed by atoms with Crippen LogP contribution in [-0.4, -0.2) is 11.9 Å². The lowest BCUT2D eigenvalue weighted by Gasteiger charge is -2.18. The van der Waals surface area contributed by atoms with Crippen LogP contribution >= 0.6 is 0 Å². The molecular weight excluding hydrogens is 216 g/mol. The average molecular weight is 228 g/mol. The molecule has 1 atom stereocenters.